The van der Waals surface area contributed by atoms with E-state index in [4.69, 9.17) is 4.42 Å². The van der Waals surface area contributed by atoms with Gasteiger partial charge in [0.05, 0.1) is 24.7 Å². The fraction of sp³-hybridized carbons (Fsp3) is 0.353. The van der Waals surface area contributed by atoms with E-state index in [1.807, 2.05) is 13.1 Å². The smallest absolute Gasteiger partial charge is 0.316 e. The van der Waals surface area contributed by atoms with Crippen molar-refractivity contribution in [1.82, 2.24) is 9.88 Å². The van der Waals surface area contributed by atoms with Crippen LogP contribution < -0.4 is 0 Å². The van der Waals surface area contributed by atoms with Crippen LogP contribution in [-0.2, 0) is 22.5 Å². The highest BCUT2D eigenvalue weighted by molar-refractivity contribution is 7.99. The number of furan rings is 1. The quantitative estimate of drug-likeness (QED) is 0.623. The molecule has 2 aromatic rings. The van der Waals surface area contributed by atoms with Crippen molar-refractivity contribution < 1.29 is 13.9 Å². The number of rotatable bonds is 4. The summed E-state index contributed by atoms with van der Waals surface area (Å²) in [6.07, 6.45) is 2.40. The molecule has 0 fully saturated rings. The van der Waals surface area contributed by atoms with Crippen LogP contribution in [-0.4, -0.2) is 42.3 Å². The highest BCUT2D eigenvalue weighted by Gasteiger charge is 2.26. The molecule has 2 aromatic heterocycles. The first kappa shape index (κ1) is 16.6. The maximum absolute atomic E-state index is 11.5. The van der Waals surface area contributed by atoms with E-state index in [0.717, 1.165) is 36.3 Å². The Labute approximate surface area is 144 Å². The van der Waals surface area contributed by atoms with Crippen molar-refractivity contribution in [3.63, 3.8) is 0 Å². The molecule has 0 saturated heterocycles. The summed E-state index contributed by atoms with van der Waals surface area (Å²) in [7, 11) is 3.39. The molecule has 24 heavy (non-hydrogen) atoms. The van der Waals surface area contributed by atoms with Gasteiger partial charge in [0, 0.05) is 36.3 Å². The van der Waals surface area contributed by atoms with Gasteiger partial charge in [0.25, 0.3) is 0 Å². The van der Waals surface area contributed by atoms with Gasteiger partial charge in [-0.25, -0.2) is 4.98 Å². The number of carbonyl (C=O) groups excluding carboxylic acids is 1. The largest absolute Gasteiger partial charge is 0.468 e. The van der Waals surface area contributed by atoms with Gasteiger partial charge >= 0.3 is 5.97 Å². The minimum absolute atomic E-state index is 0.120. The molecule has 0 saturated carbocycles. The summed E-state index contributed by atoms with van der Waals surface area (Å²) in [5.74, 6) is 0.428. The number of likely N-dealkylation sites (N-methyl/N-ethyl adjacent to an activating group) is 1. The minimum Gasteiger partial charge on any atom is -0.468 e. The predicted octanol–water partition coefficient (Wildman–Crippen LogP) is 2.47. The fourth-order valence-corrected chi connectivity index (χ4v) is 3.60. The molecular weight excluding hydrogens is 326 g/mol. The summed E-state index contributed by atoms with van der Waals surface area (Å²) in [4.78, 5) is 18.3. The molecule has 0 unspecified atom stereocenters. The number of nitrogens with zero attached hydrogens (tertiary/aromatic N) is 3. The van der Waals surface area contributed by atoms with Crippen LogP contribution in [0.15, 0.2) is 27.8 Å². The third kappa shape index (κ3) is 3.16. The van der Waals surface area contributed by atoms with Crippen LogP contribution in [0.5, 0.6) is 0 Å². The van der Waals surface area contributed by atoms with Gasteiger partial charge in [0.1, 0.15) is 16.9 Å². The highest BCUT2D eigenvalue weighted by Crippen LogP contribution is 2.37. The maximum atomic E-state index is 11.5. The second kappa shape index (κ2) is 7.07. The molecule has 0 aromatic carbocycles. The van der Waals surface area contributed by atoms with Gasteiger partial charge in [0.2, 0.25) is 0 Å². The Balaban J connectivity index is 2.13. The molecule has 3 heterocycles. The molecule has 0 aliphatic carbocycles. The summed E-state index contributed by atoms with van der Waals surface area (Å²) in [5, 5.41) is 10.3. The van der Waals surface area contributed by atoms with Crippen molar-refractivity contribution >= 4 is 17.7 Å². The van der Waals surface area contributed by atoms with E-state index < -0.39 is 0 Å². The van der Waals surface area contributed by atoms with E-state index >= 15 is 0 Å². The first-order valence-corrected chi connectivity index (χ1v) is 8.50. The zero-order valence-electron chi connectivity index (χ0n) is 13.5. The van der Waals surface area contributed by atoms with Crippen LogP contribution in [0.25, 0.3) is 11.3 Å². The fourth-order valence-electron chi connectivity index (χ4n) is 2.76. The van der Waals surface area contributed by atoms with Crippen LogP contribution in [0.4, 0.5) is 0 Å². The molecule has 1 aliphatic rings. The molecule has 0 atom stereocenters. The second-order valence-corrected chi connectivity index (χ2v) is 6.50. The van der Waals surface area contributed by atoms with E-state index in [1.54, 1.807) is 12.3 Å². The highest BCUT2D eigenvalue weighted by atomic mass is 32.2. The van der Waals surface area contributed by atoms with Gasteiger partial charge in [0.15, 0.2) is 0 Å². The van der Waals surface area contributed by atoms with Crippen LogP contribution >= 0.6 is 11.8 Å². The number of ether oxygens (including phenoxy) is 1. The SMILES string of the molecule is COC(=O)CSc1nc2c(c(-c3ccco3)c1C#N)CN(C)CC2. The molecule has 7 heteroatoms. The van der Waals surface area contributed by atoms with Gasteiger partial charge in [-0.05, 0) is 19.2 Å². The number of methoxy groups -OCH3 is 1. The van der Waals surface area contributed by atoms with Crippen molar-refractivity contribution in [3.8, 4) is 17.4 Å². The molecule has 0 spiro atoms. The number of hydrogen-bond acceptors (Lipinski definition) is 7. The Morgan fingerprint density at radius 2 is 2.42 bits per heavy atom. The Morgan fingerprint density at radius 3 is 3.08 bits per heavy atom. The van der Waals surface area contributed by atoms with E-state index in [9.17, 15) is 10.1 Å². The lowest BCUT2D eigenvalue weighted by atomic mass is 9.95. The first-order chi connectivity index (χ1) is 11.6. The molecular formula is C17H17N3O3S. The summed E-state index contributed by atoms with van der Waals surface area (Å²) < 4.78 is 10.2. The number of nitriles is 1. The van der Waals surface area contributed by atoms with Crippen LogP contribution in [0, 0.1) is 11.3 Å². The summed E-state index contributed by atoms with van der Waals surface area (Å²) in [6, 6.07) is 5.89. The lowest BCUT2D eigenvalue weighted by molar-refractivity contribution is -0.137. The Hall–Kier alpha value is -2.30. The lowest BCUT2D eigenvalue weighted by Crippen LogP contribution is -2.28. The normalized spacial score (nSPS) is 14.0. The Kier molecular flexibility index (Phi) is 4.88. The van der Waals surface area contributed by atoms with Gasteiger partial charge in [-0.15, -0.1) is 0 Å². The van der Waals surface area contributed by atoms with Crippen molar-refractivity contribution in [2.24, 2.45) is 0 Å². The number of thioether (sulfide) groups is 1. The van der Waals surface area contributed by atoms with Gasteiger partial charge in [-0.2, -0.15) is 5.26 Å². The molecule has 0 radical (unpaired) electrons. The summed E-state index contributed by atoms with van der Waals surface area (Å²) in [6.45, 7) is 1.62. The molecule has 0 amide bonds. The zero-order chi connectivity index (χ0) is 17.1. The van der Waals surface area contributed by atoms with E-state index in [2.05, 4.69) is 20.7 Å². The van der Waals surface area contributed by atoms with Crippen LogP contribution in [0.1, 0.15) is 16.8 Å². The monoisotopic (exact) mass is 343 g/mol. The second-order valence-electron chi connectivity index (χ2n) is 5.53. The zero-order valence-corrected chi connectivity index (χ0v) is 14.4. The average molecular weight is 343 g/mol. The number of pyridine rings is 1. The van der Waals surface area contributed by atoms with E-state index in [-0.39, 0.29) is 11.7 Å². The van der Waals surface area contributed by atoms with Crippen molar-refractivity contribution in [2.75, 3.05) is 26.5 Å². The third-order valence-corrected chi connectivity index (χ3v) is 4.89. The van der Waals surface area contributed by atoms with Gasteiger partial charge in [-0.1, -0.05) is 11.8 Å². The Morgan fingerprint density at radius 1 is 1.58 bits per heavy atom. The van der Waals surface area contributed by atoms with Crippen molar-refractivity contribution in [1.29, 1.82) is 5.26 Å². The number of hydrogen-bond donors (Lipinski definition) is 0. The lowest BCUT2D eigenvalue weighted by Gasteiger charge is -2.27. The molecule has 0 N–H and O–H groups in total. The predicted molar refractivity (Wildman–Crippen MR) is 89.4 cm³/mol. The van der Waals surface area contributed by atoms with Crippen molar-refractivity contribution in [2.45, 2.75) is 18.0 Å². The van der Waals surface area contributed by atoms with Crippen LogP contribution in [0.2, 0.25) is 0 Å². The summed E-state index contributed by atoms with van der Waals surface area (Å²) >= 11 is 1.23. The van der Waals surface area contributed by atoms with Crippen LogP contribution in [0.3, 0.4) is 0 Å². The third-order valence-electron chi connectivity index (χ3n) is 3.94. The number of aromatic nitrogens is 1. The minimum atomic E-state index is -0.345. The molecule has 124 valence electrons. The topological polar surface area (TPSA) is 79.4 Å². The first-order valence-electron chi connectivity index (χ1n) is 7.52. The molecule has 1 aliphatic heterocycles. The Bertz CT molecular complexity index is 796. The van der Waals surface area contributed by atoms with Crippen molar-refractivity contribution in [3.05, 3.63) is 35.2 Å². The van der Waals surface area contributed by atoms with E-state index in [0.29, 0.717) is 16.3 Å². The molecule has 3 rings (SSSR count). The maximum Gasteiger partial charge on any atom is 0.316 e. The van der Waals surface area contributed by atoms with Gasteiger partial charge < -0.3 is 14.1 Å². The molecule has 0 bridgehead atoms. The number of carbonyl (C=O) groups is 1. The summed E-state index contributed by atoms with van der Waals surface area (Å²) in [5.41, 5.74) is 3.22. The van der Waals surface area contributed by atoms with Gasteiger partial charge in [-0.3, -0.25) is 4.79 Å². The molecule has 6 nitrogen and oxygen atoms in total. The number of fused-ring (bicyclic) bond motifs is 1. The number of esters is 1. The standard InChI is InChI=1S/C17H17N3O3S/c1-20-6-5-13-12(9-20)16(14-4-3-7-23-14)11(8-18)17(19-13)24-10-15(21)22-2/h3-4,7H,5-6,9-10H2,1-2H3. The van der Waals surface area contributed by atoms with E-state index in [1.165, 1.54) is 18.9 Å². The average Bonchev–Trinajstić information content (AvgIpc) is 3.12.